The Morgan fingerprint density at radius 3 is 2.38 bits per heavy atom. The molecule has 1 aromatic heterocycles. The molecule has 1 aliphatic heterocycles. The molecule has 0 unspecified atom stereocenters. The van der Waals surface area contributed by atoms with E-state index in [1.165, 1.54) is 29.4 Å². The van der Waals surface area contributed by atoms with Gasteiger partial charge in [-0.05, 0) is 51.0 Å². The number of ketones is 2. The zero-order valence-electron chi connectivity index (χ0n) is 18.5. The fourth-order valence-electron chi connectivity index (χ4n) is 3.77. The molecule has 0 bridgehead atoms. The van der Waals surface area contributed by atoms with Crippen molar-refractivity contribution in [2.24, 2.45) is 0 Å². The molecule has 1 N–H and O–H groups in total. The Bertz CT molecular complexity index is 1180. The molecular weight excluding hydrogens is 436 g/mol. The van der Waals surface area contributed by atoms with Crippen LogP contribution in [0.15, 0.2) is 23.1 Å². The predicted molar refractivity (Wildman–Crippen MR) is 116 cm³/mol. The van der Waals surface area contributed by atoms with E-state index < -0.39 is 28.4 Å². The highest BCUT2D eigenvalue weighted by atomic mass is 32.2. The lowest BCUT2D eigenvalue weighted by Crippen LogP contribution is -2.40. The smallest absolute Gasteiger partial charge is 0.338 e. The topological polar surface area (TPSA) is 123 Å². The number of nitrogens with one attached hydrogen (secondary N) is 1. The van der Waals surface area contributed by atoms with Gasteiger partial charge < -0.3 is 14.5 Å². The van der Waals surface area contributed by atoms with Gasteiger partial charge in [0, 0.05) is 24.3 Å². The second-order valence-electron chi connectivity index (χ2n) is 7.68. The van der Waals surface area contributed by atoms with Crippen LogP contribution in [0.25, 0.3) is 0 Å². The Hall–Kier alpha value is -2.82. The van der Waals surface area contributed by atoms with E-state index in [9.17, 15) is 22.8 Å². The van der Waals surface area contributed by atoms with Crippen molar-refractivity contribution in [2.45, 2.75) is 32.6 Å². The summed E-state index contributed by atoms with van der Waals surface area (Å²) >= 11 is 0. The number of aryl methyl sites for hydroxylation is 2. The van der Waals surface area contributed by atoms with Crippen LogP contribution in [0, 0.1) is 20.8 Å². The van der Waals surface area contributed by atoms with Crippen molar-refractivity contribution in [3.8, 4) is 0 Å². The van der Waals surface area contributed by atoms with Gasteiger partial charge in [-0.3, -0.25) is 9.59 Å². The monoisotopic (exact) mass is 462 g/mol. The Balaban J connectivity index is 1.76. The molecule has 1 fully saturated rings. The van der Waals surface area contributed by atoms with Crippen LogP contribution in [-0.4, -0.2) is 68.2 Å². The SMILES string of the molecule is CC(=O)c1c(C)[nH]c(C(=O)COC(=O)c2ccc(C)c(S(=O)(=O)N3CCOCC3)c2)c1C. The molecule has 0 spiro atoms. The average molecular weight is 463 g/mol. The number of aromatic amines is 1. The van der Waals surface area contributed by atoms with E-state index in [-0.39, 0.29) is 35.0 Å². The van der Waals surface area contributed by atoms with Crippen LogP contribution in [0.4, 0.5) is 0 Å². The van der Waals surface area contributed by atoms with E-state index in [1.54, 1.807) is 20.8 Å². The largest absolute Gasteiger partial charge is 0.454 e. The van der Waals surface area contributed by atoms with E-state index in [0.717, 1.165) is 0 Å². The van der Waals surface area contributed by atoms with Crippen LogP contribution in [0.5, 0.6) is 0 Å². The van der Waals surface area contributed by atoms with Crippen molar-refractivity contribution in [3.05, 3.63) is 51.8 Å². The Kier molecular flexibility index (Phi) is 6.97. The lowest BCUT2D eigenvalue weighted by atomic mass is 10.1. The summed E-state index contributed by atoms with van der Waals surface area (Å²) in [6, 6.07) is 4.26. The molecule has 10 heteroatoms. The number of benzene rings is 1. The number of H-pyrrole nitrogens is 1. The fourth-order valence-corrected chi connectivity index (χ4v) is 5.43. The number of morpholine rings is 1. The summed E-state index contributed by atoms with van der Waals surface area (Å²) in [7, 11) is -3.80. The van der Waals surface area contributed by atoms with E-state index in [0.29, 0.717) is 35.6 Å². The van der Waals surface area contributed by atoms with E-state index in [2.05, 4.69) is 4.98 Å². The van der Waals surface area contributed by atoms with Crippen molar-refractivity contribution in [1.29, 1.82) is 0 Å². The first kappa shape index (κ1) is 23.8. The molecule has 9 nitrogen and oxygen atoms in total. The number of sulfonamides is 1. The third-order valence-corrected chi connectivity index (χ3v) is 7.46. The number of esters is 1. The normalized spacial score (nSPS) is 14.9. The van der Waals surface area contributed by atoms with Gasteiger partial charge in [0.2, 0.25) is 15.8 Å². The number of hydrogen-bond donors (Lipinski definition) is 1. The van der Waals surface area contributed by atoms with Gasteiger partial charge in [-0.15, -0.1) is 0 Å². The quantitative estimate of drug-likeness (QED) is 0.494. The number of carbonyl (C=O) groups is 3. The molecule has 172 valence electrons. The van der Waals surface area contributed by atoms with Gasteiger partial charge >= 0.3 is 5.97 Å². The van der Waals surface area contributed by atoms with Crippen LogP contribution in [0.2, 0.25) is 0 Å². The highest BCUT2D eigenvalue weighted by Gasteiger charge is 2.29. The number of hydrogen-bond acceptors (Lipinski definition) is 7. The highest BCUT2D eigenvalue weighted by molar-refractivity contribution is 7.89. The molecule has 2 heterocycles. The van der Waals surface area contributed by atoms with E-state index in [1.807, 2.05) is 0 Å². The minimum Gasteiger partial charge on any atom is -0.454 e. The maximum atomic E-state index is 13.0. The van der Waals surface area contributed by atoms with Gasteiger partial charge in [0.15, 0.2) is 12.4 Å². The molecular formula is C22H26N2O7S. The zero-order chi connectivity index (χ0) is 23.6. The lowest BCUT2D eigenvalue weighted by Gasteiger charge is -2.26. The number of carbonyl (C=O) groups excluding carboxylic acids is 3. The summed E-state index contributed by atoms with van der Waals surface area (Å²) in [6.45, 7) is 6.95. The Morgan fingerprint density at radius 2 is 1.78 bits per heavy atom. The third kappa shape index (κ3) is 4.67. The molecule has 1 aromatic carbocycles. The molecule has 0 atom stereocenters. The third-order valence-electron chi connectivity index (χ3n) is 5.41. The molecule has 3 rings (SSSR count). The van der Waals surface area contributed by atoms with Gasteiger partial charge in [-0.1, -0.05) is 6.07 Å². The van der Waals surface area contributed by atoms with Crippen LogP contribution >= 0.6 is 0 Å². The van der Waals surface area contributed by atoms with Gasteiger partial charge in [0.05, 0.1) is 29.4 Å². The van der Waals surface area contributed by atoms with Gasteiger partial charge in [0.1, 0.15) is 0 Å². The maximum absolute atomic E-state index is 13.0. The first-order valence-electron chi connectivity index (χ1n) is 10.1. The average Bonchev–Trinajstić information content (AvgIpc) is 3.06. The van der Waals surface area contributed by atoms with Crippen LogP contribution < -0.4 is 0 Å². The molecule has 1 saturated heterocycles. The first-order chi connectivity index (χ1) is 15.0. The standard InChI is InChI=1S/C22H26N2O7S/c1-13-5-6-17(11-19(13)32(28,29)24-7-9-30-10-8-24)22(27)31-12-18(26)21-14(2)20(16(4)25)15(3)23-21/h5-6,11,23H,7-10,12H2,1-4H3. The number of aromatic nitrogens is 1. The highest BCUT2D eigenvalue weighted by Crippen LogP contribution is 2.23. The summed E-state index contributed by atoms with van der Waals surface area (Å²) in [4.78, 5) is 39.7. The molecule has 32 heavy (non-hydrogen) atoms. The molecule has 0 radical (unpaired) electrons. The van der Waals surface area contributed by atoms with Gasteiger partial charge in [-0.25, -0.2) is 13.2 Å². The summed E-state index contributed by atoms with van der Waals surface area (Å²) in [5.41, 5.74) is 2.25. The summed E-state index contributed by atoms with van der Waals surface area (Å²) in [5.74, 6) is -1.47. The summed E-state index contributed by atoms with van der Waals surface area (Å²) < 4.78 is 37.7. The van der Waals surface area contributed by atoms with Gasteiger partial charge in [0.25, 0.3) is 0 Å². The molecule has 0 amide bonds. The molecule has 1 aliphatic rings. The summed E-state index contributed by atoms with van der Waals surface area (Å²) in [5, 5.41) is 0. The van der Waals surface area contributed by atoms with Crippen molar-refractivity contribution >= 4 is 27.6 Å². The number of nitrogens with zero attached hydrogens (tertiary/aromatic N) is 1. The minimum absolute atomic E-state index is 0.0158. The summed E-state index contributed by atoms with van der Waals surface area (Å²) in [6.07, 6.45) is 0. The number of ether oxygens (including phenoxy) is 2. The zero-order valence-corrected chi connectivity index (χ0v) is 19.3. The van der Waals surface area contributed by atoms with Gasteiger partial charge in [-0.2, -0.15) is 4.31 Å². The second-order valence-corrected chi connectivity index (χ2v) is 9.58. The van der Waals surface area contributed by atoms with Crippen molar-refractivity contribution < 1.29 is 32.3 Å². The number of Topliss-reactive ketones (excluding diaryl/α,β-unsaturated/α-hetero) is 2. The molecule has 0 saturated carbocycles. The second kappa shape index (κ2) is 9.35. The van der Waals surface area contributed by atoms with E-state index >= 15 is 0 Å². The molecule has 0 aliphatic carbocycles. The van der Waals surface area contributed by atoms with Crippen molar-refractivity contribution in [1.82, 2.24) is 9.29 Å². The Labute approximate surface area is 186 Å². The first-order valence-corrected chi connectivity index (χ1v) is 11.6. The van der Waals surface area contributed by atoms with Crippen LogP contribution in [0.1, 0.15) is 54.9 Å². The fraction of sp³-hybridized carbons (Fsp3) is 0.409. The number of rotatable bonds is 7. The van der Waals surface area contributed by atoms with E-state index in [4.69, 9.17) is 9.47 Å². The van der Waals surface area contributed by atoms with Crippen molar-refractivity contribution in [3.63, 3.8) is 0 Å². The Morgan fingerprint density at radius 1 is 1.12 bits per heavy atom. The van der Waals surface area contributed by atoms with Crippen LogP contribution in [0.3, 0.4) is 0 Å². The predicted octanol–water partition coefficient (Wildman–Crippen LogP) is 2.20. The lowest BCUT2D eigenvalue weighted by molar-refractivity contribution is 0.0473. The maximum Gasteiger partial charge on any atom is 0.338 e. The van der Waals surface area contributed by atoms with Crippen LogP contribution in [-0.2, 0) is 19.5 Å². The van der Waals surface area contributed by atoms with Crippen molar-refractivity contribution in [2.75, 3.05) is 32.9 Å². The minimum atomic E-state index is -3.80. The molecule has 2 aromatic rings.